The fraction of sp³-hybridized carbons (Fsp3) is 0.429. The lowest BCUT2D eigenvalue weighted by molar-refractivity contribution is -0.128. The predicted molar refractivity (Wildman–Crippen MR) is 109 cm³/mol. The number of amides is 1. The molecule has 4 heterocycles. The van der Waals surface area contributed by atoms with Gasteiger partial charge in [-0.15, -0.1) is 0 Å². The molecule has 1 aromatic carbocycles. The van der Waals surface area contributed by atoms with E-state index in [0.29, 0.717) is 18.6 Å². The molecule has 2 aromatic heterocycles. The highest BCUT2D eigenvalue weighted by atomic mass is 16.5. The number of carbonyl (C=O) groups is 1. The Hall–Kier alpha value is -3.16. The molecule has 2 aliphatic rings. The summed E-state index contributed by atoms with van der Waals surface area (Å²) in [5.41, 5.74) is 2.74. The number of ether oxygens (including phenoxy) is 1. The van der Waals surface area contributed by atoms with Gasteiger partial charge in [-0.2, -0.15) is 0 Å². The van der Waals surface area contributed by atoms with Gasteiger partial charge in [-0.05, 0) is 30.5 Å². The number of piperidine rings is 1. The van der Waals surface area contributed by atoms with Crippen molar-refractivity contribution in [3.8, 4) is 5.75 Å². The highest BCUT2D eigenvalue weighted by Crippen LogP contribution is 2.42. The molecule has 5 rings (SSSR count). The Morgan fingerprint density at radius 1 is 1.21 bits per heavy atom. The Morgan fingerprint density at radius 2 is 2.07 bits per heavy atom. The number of aromatic amines is 1. The summed E-state index contributed by atoms with van der Waals surface area (Å²) in [6.07, 6.45) is 5.81. The van der Waals surface area contributed by atoms with Gasteiger partial charge in [0.15, 0.2) is 11.5 Å². The Bertz CT molecular complexity index is 1040. The van der Waals surface area contributed by atoms with Gasteiger partial charge in [-0.1, -0.05) is 12.1 Å². The Labute approximate surface area is 168 Å². The van der Waals surface area contributed by atoms with Crippen LogP contribution in [0.2, 0.25) is 0 Å². The number of rotatable bonds is 4. The lowest BCUT2D eigenvalue weighted by Gasteiger charge is -2.39. The van der Waals surface area contributed by atoms with Crippen LogP contribution in [0.5, 0.6) is 5.75 Å². The molecular formula is C21H24N6O2. The molecular weight excluding hydrogens is 368 g/mol. The maximum Gasteiger partial charge on any atom is 0.223 e. The average molecular weight is 392 g/mol. The summed E-state index contributed by atoms with van der Waals surface area (Å²) in [6.45, 7) is 3.22. The molecule has 0 unspecified atom stereocenters. The number of aromatic nitrogens is 4. The minimum Gasteiger partial charge on any atom is -0.497 e. The number of hydrogen-bond donors (Lipinski definition) is 1. The first-order chi connectivity index (χ1) is 14.2. The molecule has 29 heavy (non-hydrogen) atoms. The minimum atomic E-state index is 0.0621. The van der Waals surface area contributed by atoms with Crippen molar-refractivity contribution in [2.75, 3.05) is 31.6 Å². The second kappa shape index (κ2) is 7.02. The molecule has 0 saturated carbocycles. The lowest BCUT2D eigenvalue weighted by Crippen LogP contribution is -2.42. The Kier molecular flexibility index (Phi) is 4.34. The quantitative estimate of drug-likeness (QED) is 0.734. The van der Waals surface area contributed by atoms with Crippen LogP contribution in [0.1, 0.15) is 24.8 Å². The monoisotopic (exact) mass is 392 g/mol. The summed E-state index contributed by atoms with van der Waals surface area (Å²) in [7, 11) is 1.66. The van der Waals surface area contributed by atoms with Crippen molar-refractivity contribution in [3.63, 3.8) is 0 Å². The molecule has 0 aliphatic carbocycles. The van der Waals surface area contributed by atoms with E-state index in [0.717, 1.165) is 55.1 Å². The van der Waals surface area contributed by atoms with Gasteiger partial charge in [0.25, 0.3) is 0 Å². The second-order valence-electron chi connectivity index (χ2n) is 8.06. The number of nitrogens with one attached hydrogen (secondary N) is 1. The number of H-pyrrole nitrogens is 1. The highest BCUT2D eigenvalue weighted by Gasteiger charge is 2.45. The molecule has 8 nitrogen and oxygen atoms in total. The maximum atomic E-state index is 12.7. The fourth-order valence-corrected chi connectivity index (χ4v) is 4.64. The van der Waals surface area contributed by atoms with Crippen LogP contribution in [-0.2, 0) is 11.3 Å². The van der Waals surface area contributed by atoms with Crippen molar-refractivity contribution < 1.29 is 9.53 Å². The number of likely N-dealkylation sites (tertiary alicyclic amines) is 1. The zero-order valence-corrected chi connectivity index (χ0v) is 16.5. The van der Waals surface area contributed by atoms with E-state index in [-0.39, 0.29) is 11.3 Å². The Balaban J connectivity index is 1.27. The Morgan fingerprint density at radius 3 is 2.90 bits per heavy atom. The first kappa shape index (κ1) is 17.9. The van der Waals surface area contributed by atoms with Crippen molar-refractivity contribution in [1.29, 1.82) is 0 Å². The molecule has 3 aromatic rings. The largest absolute Gasteiger partial charge is 0.497 e. The van der Waals surface area contributed by atoms with Crippen LogP contribution in [0.15, 0.2) is 36.9 Å². The molecule has 8 heteroatoms. The number of carbonyl (C=O) groups excluding carboxylic acids is 1. The van der Waals surface area contributed by atoms with Gasteiger partial charge in [0.05, 0.1) is 13.4 Å². The molecule has 2 fully saturated rings. The number of hydrogen-bond acceptors (Lipinski definition) is 6. The third-order valence-electron chi connectivity index (χ3n) is 6.24. The maximum absolute atomic E-state index is 12.7. The van der Waals surface area contributed by atoms with Crippen molar-refractivity contribution in [3.05, 3.63) is 42.5 Å². The molecule has 0 atom stereocenters. The van der Waals surface area contributed by atoms with Crippen molar-refractivity contribution >= 4 is 22.9 Å². The molecule has 2 aliphatic heterocycles. The van der Waals surface area contributed by atoms with Gasteiger partial charge < -0.3 is 19.5 Å². The van der Waals surface area contributed by atoms with Gasteiger partial charge >= 0.3 is 0 Å². The fourth-order valence-electron chi connectivity index (χ4n) is 4.64. The standard InChI is InChI=1S/C21H24N6O2/c1-29-16-4-2-3-15(9-16)11-27-12-21(10-17(27)28)5-7-26(8-6-21)20-18-19(23-13-22-18)24-14-25-20/h2-4,9,13-14H,5-8,10-12H2,1H3,(H,22,23,24,25). The van der Waals surface area contributed by atoms with Crippen LogP contribution in [0.4, 0.5) is 5.82 Å². The van der Waals surface area contributed by atoms with Gasteiger partial charge in [-0.3, -0.25) is 4.79 Å². The van der Waals surface area contributed by atoms with Gasteiger partial charge in [-0.25, -0.2) is 15.0 Å². The molecule has 150 valence electrons. The van der Waals surface area contributed by atoms with Crippen LogP contribution >= 0.6 is 0 Å². The van der Waals surface area contributed by atoms with Crippen LogP contribution in [-0.4, -0.2) is 57.5 Å². The van der Waals surface area contributed by atoms with Crippen molar-refractivity contribution in [2.24, 2.45) is 5.41 Å². The normalized spacial score (nSPS) is 18.7. The molecule has 1 N–H and O–H groups in total. The predicted octanol–water partition coefficient (Wildman–Crippen LogP) is 2.38. The minimum absolute atomic E-state index is 0.0621. The summed E-state index contributed by atoms with van der Waals surface area (Å²) in [5, 5.41) is 0. The first-order valence-corrected chi connectivity index (χ1v) is 9.96. The van der Waals surface area contributed by atoms with Crippen LogP contribution in [0.25, 0.3) is 11.2 Å². The zero-order chi connectivity index (χ0) is 19.8. The number of anilines is 1. The average Bonchev–Trinajstić information content (AvgIpc) is 3.33. The number of nitrogens with zero attached hydrogens (tertiary/aromatic N) is 5. The van der Waals surface area contributed by atoms with E-state index in [4.69, 9.17) is 4.74 Å². The molecule has 1 amide bonds. The summed E-state index contributed by atoms with van der Waals surface area (Å²) >= 11 is 0. The third-order valence-corrected chi connectivity index (χ3v) is 6.24. The van der Waals surface area contributed by atoms with E-state index >= 15 is 0 Å². The molecule has 2 saturated heterocycles. The van der Waals surface area contributed by atoms with E-state index < -0.39 is 0 Å². The van der Waals surface area contributed by atoms with Crippen molar-refractivity contribution in [2.45, 2.75) is 25.8 Å². The van der Waals surface area contributed by atoms with Crippen molar-refractivity contribution in [1.82, 2.24) is 24.8 Å². The van der Waals surface area contributed by atoms with Crippen LogP contribution in [0, 0.1) is 5.41 Å². The number of imidazole rings is 1. The summed E-state index contributed by atoms with van der Waals surface area (Å²) in [5.74, 6) is 1.98. The molecule has 0 radical (unpaired) electrons. The third kappa shape index (κ3) is 3.28. The molecule has 0 bridgehead atoms. The van der Waals surface area contributed by atoms with E-state index in [1.807, 2.05) is 29.2 Å². The van der Waals surface area contributed by atoms with Crippen LogP contribution < -0.4 is 9.64 Å². The van der Waals surface area contributed by atoms with E-state index in [2.05, 4.69) is 24.8 Å². The topological polar surface area (TPSA) is 87.2 Å². The van der Waals surface area contributed by atoms with Gasteiger partial charge in [0, 0.05) is 38.0 Å². The number of fused-ring (bicyclic) bond motifs is 1. The van der Waals surface area contributed by atoms with Gasteiger partial charge in [0.1, 0.15) is 17.6 Å². The van der Waals surface area contributed by atoms with E-state index in [9.17, 15) is 4.79 Å². The van der Waals surface area contributed by atoms with Crippen LogP contribution in [0.3, 0.4) is 0 Å². The molecule has 1 spiro atoms. The smallest absolute Gasteiger partial charge is 0.223 e. The summed E-state index contributed by atoms with van der Waals surface area (Å²) in [6, 6.07) is 7.96. The number of benzene rings is 1. The zero-order valence-electron chi connectivity index (χ0n) is 16.5. The SMILES string of the molecule is COc1cccc(CN2CC3(CCN(c4ncnc5nc[nH]c45)CC3)CC2=O)c1. The summed E-state index contributed by atoms with van der Waals surface area (Å²) < 4.78 is 5.31. The van der Waals surface area contributed by atoms with E-state index in [1.54, 1.807) is 19.8 Å². The number of methoxy groups -OCH3 is 1. The highest BCUT2D eigenvalue weighted by molar-refractivity contribution is 5.83. The summed E-state index contributed by atoms with van der Waals surface area (Å²) in [4.78, 5) is 33.1. The van der Waals surface area contributed by atoms with Gasteiger partial charge in [0.2, 0.25) is 5.91 Å². The second-order valence-corrected chi connectivity index (χ2v) is 8.06. The lowest BCUT2D eigenvalue weighted by atomic mass is 9.77. The van der Waals surface area contributed by atoms with E-state index in [1.165, 1.54) is 0 Å². The first-order valence-electron chi connectivity index (χ1n) is 9.96.